The first kappa shape index (κ1) is 25.6. The van der Waals surface area contributed by atoms with E-state index in [2.05, 4.69) is 15.6 Å². The predicted octanol–water partition coefficient (Wildman–Crippen LogP) is 0.656. The van der Waals surface area contributed by atoms with Crippen LogP contribution in [0.1, 0.15) is 49.5 Å². The first-order chi connectivity index (χ1) is 18.4. The van der Waals surface area contributed by atoms with Gasteiger partial charge in [-0.3, -0.25) is 34.0 Å². The number of rotatable bonds is 6. The van der Waals surface area contributed by atoms with Gasteiger partial charge in [0.1, 0.15) is 23.8 Å². The lowest BCUT2D eigenvalue weighted by atomic mass is 10.0. The number of hydrogen-bond acceptors (Lipinski definition) is 8. The Labute approximate surface area is 218 Å². The summed E-state index contributed by atoms with van der Waals surface area (Å²) in [4.78, 5) is 69.3. The van der Waals surface area contributed by atoms with Crippen molar-refractivity contribution in [3.63, 3.8) is 0 Å². The van der Waals surface area contributed by atoms with Crippen molar-refractivity contribution in [1.82, 2.24) is 25.6 Å². The molecule has 2 unspecified atom stereocenters. The van der Waals surface area contributed by atoms with Gasteiger partial charge in [0, 0.05) is 31.2 Å². The van der Waals surface area contributed by atoms with E-state index in [0.717, 1.165) is 5.39 Å². The van der Waals surface area contributed by atoms with Gasteiger partial charge >= 0.3 is 5.97 Å². The second-order valence-electron chi connectivity index (χ2n) is 9.44. The van der Waals surface area contributed by atoms with Crippen LogP contribution in [-0.2, 0) is 28.7 Å². The number of hydrazine groups is 1. The summed E-state index contributed by atoms with van der Waals surface area (Å²) >= 11 is 0. The number of pyridine rings is 1. The summed E-state index contributed by atoms with van der Waals surface area (Å²) in [5.74, 6) is -2.41. The number of carbonyl (C=O) groups excluding carboxylic acids is 5. The molecular weight excluding hydrogens is 494 g/mol. The van der Waals surface area contributed by atoms with Crippen LogP contribution in [0.5, 0.6) is 0 Å². The SMILES string of the molecule is CCO[C@@H]1OC(=O)CC1NC(=O)[C@@H]1CCCN2C(=O)CCC(NC(=O)c3nccc4ccccc34)C(=O)N12. The Morgan fingerprint density at radius 3 is 2.76 bits per heavy atom. The molecule has 0 saturated carbocycles. The summed E-state index contributed by atoms with van der Waals surface area (Å²) in [5, 5.41) is 9.45. The maximum absolute atomic E-state index is 13.7. The number of fused-ring (bicyclic) bond motifs is 2. The Morgan fingerprint density at radius 1 is 1.13 bits per heavy atom. The summed E-state index contributed by atoms with van der Waals surface area (Å²) in [6.45, 7) is 2.31. The number of aromatic nitrogens is 1. The lowest BCUT2D eigenvalue weighted by molar-refractivity contribution is -0.177. The van der Waals surface area contributed by atoms with Crippen molar-refractivity contribution in [2.24, 2.45) is 0 Å². The third-order valence-electron chi connectivity index (χ3n) is 6.98. The molecule has 200 valence electrons. The fourth-order valence-electron chi connectivity index (χ4n) is 5.18. The predicted molar refractivity (Wildman–Crippen MR) is 132 cm³/mol. The zero-order valence-corrected chi connectivity index (χ0v) is 20.9. The molecule has 5 rings (SSSR count). The van der Waals surface area contributed by atoms with Gasteiger partial charge in [-0.25, -0.2) is 5.01 Å². The van der Waals surface area contributed by atoms with Crippen molar-refractivity contribution >= 4 is 40.4 Å². The van der Waals surface area contributed by atoms with Crippen molar-refractivity contribution < 1.29 is 33.4 Å². The van der Waals surface area contributed by atoms with Crippen LogP contribution in [0.4, 0.5) is 0 Å². The van der Waals surface area contributed by atoms with Gasteiger partial charge in [0.15, 0.2) is 0 Å². The summed E-state index contributed by atoms with van der Waals surface area (Å²) in [7, 11) is 0. The zero-order valence-electron chi connectivity index (χ0n) is 20.9. The minimum absolute atomic E-state index is 0.0296. The number of esters is 1. The minimum Gasteiger partial charge on any atom is -0.433 e. The fraction of sp³-hybridized carbons (Fsp3) is 0.462. The second-order valence-corrected chi connectivity index (χ2v) is 9.44. The molecule has 3 fully saturated rings. The van der Waals surface area contributed by atoms with E-state index in [0.29, 0.717) is 18.2 Å². The van der Waals surface area contributed by atoms with E-state index in [1.54, 1.807) is 25.1 Å². The van der Waals surface area contributed by atoms with Crippen LogP contribution in [0, 0.1) is 0 Å². The van der Waals surface area contributed by atoms with Crippen LogP contribution >= 0.6 is 0 Å². The molecule has 3 aliphatic heterocycles. The normalized spacial score (nSPS) is 25.6. The lowest BCUT2D eigenvalue weighted by Crippen LogP contribution is -2.64. The number of hydrogen-bond donors (Lipinski definition) is 2. The quantitative estimate of drug-likeness (QED) is 0.525. The molecule has 3 saturated heterocycles. The number of nitrogens with zero attached hydrogens (tertiary/aromatic N) is 3. The van der Waals surface area contributed by atoms with Crippen LogP contribution in [0.2, 0.25) is 0 Å². The molecule has 4 amide bonds. The molecule has 38 heavy (non-hydrogen) atoms. The summed E-state index contributed by atoms with van der Waals surface area (Å²) in [6.07, 6.45) is 1.49. The average Bonchev–Trinajstić information content (AvgIpc) is 3.21. The molecule has 0 spiro atoms. The topological polar surface area (TPSA) is 147 Å². The standard InChI is InChI=1S/C26H29N5O7/c1-2-37-26-18(14-21(33)38-26)29-23(34)19-8-5-13-30-20(32)10-9-17(25(36)31(19)30)28-24(35)22-16-7-4-3-6-15(16)11-12-27-22/h3-4,6-7,11-12,17-19,26H,2,5,8-10,13-14H2,1H3,(H,28,35)(H,29,34)/t17?,18?,19-,26+/m0/s1. The van der Waals surface area contributed by atoms with E-state index in [-0.39, 0.29) is 44.0 Å². The van der Waals surface area contributed by atoms with Gasteiger partial charge in [0.25, 0.3) is 11.8 Å². The highest BCUT2D eigenvalue weighted by molar-refractivity contribution is 6.06. The Bertz CT molecular complexity index is 1280. The molecule has 0 radical (unpaired) electrons. The summed E-state index contributed by atoms with van der Waals surface area (Å²) in [6, 6.07) is 6.33. The van der Waals surface area contributed by atoms with Gasteiger partial charge in [-0.05, 0) is 37.6 Å². The molecule has 12 nitrogen and oxygen atoms in total. The van der Waals surface area contributed by atoms with Crippen LogP contribution in [0.25, 0.3) is 10.8 Å². The summed E-state index contributed by atoms with van der Waals surface area (Å²) < 4.78 is 10.5. The molecule has 0 aliphatic carbocycles. The fourth-order valence-corrected chi connectivity index (χ4v) is 5.18. The monoisotopic (exact) mass is 523 g/mol. The minimum atomic E-state index is -1.03. The van der Waals surface area contributed by atoms with E-state index < -0.39 is 48.1 Å². The van der Waals surface area contributed by atoms with Crippen LogP contribution in [0.15, 0.2) is 36.5 Å². The van der Waals surface area contributed by atoms with Crippen LogP contribution in [0.3, 0.4) is 0 Å². The van der Waals surface area contributed by atoms with Crippen LogP contribution in [-0.4, -0.2) is 82.2 Å². The highest BCUT2D eigenvalue weighted by Crippen LogP contribution is 2.26. The number of benzene rings is 1. The number of carbonyl (C=O) groups is 5. The van der Waals surface area contributed by atoms with Gasteiger partial charge in [0.2, 0.25) is 18.1 Å². The first-order valence-electron chi connectivity index (χ1n) is 12.8. The number of nitrogens with one attached hydrogen (secondary N) is 2. The van der Waals surface area contributed by atoms with Gasteiger partial charge < -0.3 is 20.1 Å². The third kappa shape index (κ3) is 4.91. The van der Waals surface area contributed by atoms with Crippen molar-refractivity contribution in [2.45, 2.75) is 63.4 Å². The smallest absolute Gasteiger partial charge is 0.310 e. The molecular formula is C26H29N5O7. The van der Waals surface area contributed by atoms with Gasteiger partial charge in [-0.15, -0.1) is 0 Å². The molecule has 3 aliphatic rings. The van der Waals surface area contributed by atoms with E-state index in [1.165, 1.54) is 16.2 Å². The van der Waals surface area contributed by atoms with E-state index in [1.807, 2.05) is 12.1 Å². The number of cyclic esters (lactones) is 1. The van der Waals surface area contributed by atoms with Crippen LogP contribution < -0.4 is 10.6 Å². The molecule has 12 heteroatoms. The Balaban J connectivity index is 1.36. The highest BCUT2D eigenvalue weighted by atomic mass is 16.7. The third-order valence-corrected chi connectivity index (χ3v) is 6.98. The maximum atomic E-state index is 13.7. The van der Waals surface area contributed by atoms with Crippen molar-refractivity contribution in [3.05, 3.63) is 42.2 Å². The number of ether oxygens (including phenoxy) is 2. The average molecular weight is 524 g/mol. The highest BCUT2D eigenvalue weighted by Gasteiger charge is 2.46. The van der Waals surface area contributed by atoms with Gasteiger partial charge in [-0.1, -0.05) is 24.3 Å². The Hall–Kier alpha value is -4.06. The Kier molecular flexibility index (Phi) is 7.23. The largest absolute Gasteiger partial charge is 0.433 e. The number of amides is 4. The molecule has 2 aromatic rings. The summed E-state index contributed by atoms with van der Waals surface area (Å²) in [5.41, 5.74) is 0.170. The second kappa shape index (κ2) is 10.7. The molecule has 4 heterocycles. The van der Waals surface area contributed by atoms with Gasteiger partial charge in [0.05, 0.1) is 6.42 Å². The molecule has 4 atom stereocenters. The molecule has 2 N–H and O–H groups in total. The van der Waals surface area contributed by atoms with Gasteiger partial charge in [-0.2, -0.15) is 0 Å². The van der Waals surface area contributed by atoms with E-state index in [4.69, 9.17) is 9.47 Å². The zero-order chi connectivity index (χ0) is 26.8. The maximum Gasteiger partial charge on any atom is 0.310 e. The first-order valence-corrected chi connectivity index (χ1v) is 12.8. The lowest BCUT2D eigenvalue weighted by Gasteiger charge is -2.43. The molecule has 1 aromatic heterocycles. The van der Waals surface area contributed by atoms with Crippen molar-refractivity contribution in [2.75, 3.05) is 13.2 Å². The molecule has 0 bridgehead atoms. The molecule has 1 aromatic carbocycles. The Morgan fingerprint density at radius 2 is 1.95 bits per heavy atom. The van der Waals surface area contributed by atoms with Crippen molar-refractivity contribution in [3.8, 4) is 0 Å². The van der Waals surface area contributed by atoms with E-state index >= 15 is 0 Å². The van der Waals surface area contributed by atoms with E-state index in [9.17, 15) is 24.0 Å². The van der Waals surface area contributed by atoms with Crippen molar-refractivity contribution in [1.29, 1.82) is 0 Å².